The minimum atomic E-state index is -0.277. The number of nitrogens with one attached hydrogen (secondary N) is 1. The van der Waals surface area contributed by atoms with Crippen molar-refractivity contribution >= 4 is 5.91 Å². The minimum Gasteiger partial charge on any atom is -0.496 e. The van der Waals surface area contributed by atoms with Crippen molar-refractivity contribution in [2.75, 3.05) is 34.4 Å². The van der Waals surface area contributed by atoms with E-state index in [0.29, 0.717) is 31.2 Å². The lowest BCUT2D eigenvalue weighted by atomic mass is 10.2. The molecule has 0 aliphatic heterocycles. The topological polar surface area (TPSA) is 60.0 Å². The van der Waals surface area contributed by atoms with Gasteiger partial charge in [-0.1, -0.05) is 30.3 Å². The summed E-state index contributed by atoms with van der Waals surface area (Å²) in [6, 6.07) is 14.9. The first kappa shape index (κ1) is 20.6. The molecule has 0 fully saturated rings. The van der Waals surface area contributed by atoms with E-state index in [1.807, 2.05) is 67.4 Å². The van der Waals surface area contributed by atoms with Crippen LogP contribution < -0.4 is 19.5 Å². The van der Waals surface area contributed by atoms with Crippen LogP contribution >= 0.6 is 0 Å². The van der Waals surface area contributed by atoms with Gasteiger partial charge < -0.3 is 19.5 Å². The zero-order valence-corrected chi connectivity index (χ0v) is 16.4. The molecule has 0 bridgehead atoms. The molecule has 1 atom stereocenters. The first-order chi connectivity index (χ1) is 13.1. The molecule has 0 saturated carbocycles. The van der Waals surface area contributed by atoms with Crippen LogP contribution in [0.4, 0.5) is 0 Å². The summed E-state index contributed by atoms with van der Waals surface area (Å²) in [4.78, 5) is 14.4. The van der Waals surface area contributed by atoms with E-state index in [9.17, 15) is 4.79 Å². The van der Waals surface area contributed by atoms with E-state index >= 15 is 0 Å². The Morgan fingerprint density at radius 3 is 2.26 bits per heavy atom. The first-order valence-electron chi connectivity index (χ1n) is 8.92. The highest BCUT2D eigenvalue weighted by Gasteiger charge is 2.18. The van der Waals surface area contributed by atoms with Crippen molar-refractivity contribution in [1.29, 1.82) is 0 Å². The molecule has 0 radical (unpaired) electrons. The predicted molar refractivity (Wildman–Crippen MR) is 105 cm³/mol. The number of rotatable bonds is 10. The van der Waals surface area contributed by atoms with Crippen molar-refractivity contribution in [3.63, 3.8) is 0 Å². The van der Waals surface area contributed by atoms with Gasteiger partial charge in [-0.15, -0.1) is 0 Å². The molecular weight excluding hydrogens is 344 g/mol. The fourth-order valence-electron chi connectivity index (χ4n) is 2.61. The third-order valence-electron chi connectivity index (χ3n) is 4.46. The second-order valence-electron chi connectivity index (χ2n) is 6.19. The van der Waals surface area contributed by atoms with E-state index < -0.39 is 0 Å². The number of benzene rings is 2. The van der Waals surface area contributed by atoms with Gasteiger partial charge in [-0.2, -0.15) is 0 Å². The van der Waals surface area contributed by atoms with Gasteiger partial charge in [-0.25, -0.2) is 0 Å². The van der Waals surface area contributed by atoms with Crippen LogP contribution in [0.2, 0.25) is 0 Å². The van der Waals surface area contributed by atoms with Gasteiger partial charge in [0, 0.05) is 18.7 Å². The number of amides is 1. The van der Waals surface area contributed by atoms with Crippen LogP contribution in [0.5, 0.6) is 17.2 Å². The SMILES string of the molecule is COc1ccccc1CNC(=O)C(C)N(C)CCOc1ccccc1OC. The zero-order valence-electron chi connectivity index (χ0n) is 16.4. The molecule has 6 nitrogen and oxygen atoms in total. The molecule has 6 heteroatoms. The maximum absolute atomic E-state index is 12.4. The Morgan fingerprint density at radius 2 is 1.59 bits per heavy atom. The highest BCUT2D eigenvalue weighted by molar-refractivity contribution is 5.81. The van der Waals surface area contributed by atoms with Gasteiger partial charge in [-0.05, 0) is 32.2 Å². The molecular formula is C21H28N2O4. The number of methoxy groups -OCH3 is 2. The van der Waals surface area contributed by atoms with Gasteiger partial charge in [0.2, 0.25) is 5.91 Å². The summed E-state index contributed by atoms with van der Waals surface area (Å²) >= 11 is 0. The van der Waals surface area contributed by atoms with Gasteiger partial charge in [0.05, 0.1) is 20.3 Å². The Labute approximate surface area is 161 Å². The smallest absolute Gasteiger partial charge is 0.237 e. The molecule has 0 spiro atoms. The molecule has 0 aliphatic carbocycles. The first-order valence-corrected chi connectivity index (χ1v) is 8.92. The lowest BCUT2D eigenvalue weighted by Gasteiger charge is -2.24. The van der Waals surface area contributed by atoms with E-state index in [2.05, 4.69) is 5.32 Å². The van der Waals surface area contributed by atoms with Crippen LogP contribution in [0, 0.1) is 0 Å². The third kappa shape index (κ3) is 5.89. The predicted octanol–water partition coefficient (Wildman–Crippen LogP) is 2.72. The molecule has 0 heterocycles. The van der Waals surface area contributed by atoms with Crippen LogP contribution in [0.15, 0.2) is 48.5 Å². The molecule has 1 unspecified atom stereocenters. The number of ether oxygens (including phenoxy) is 3. The number of likely N-dealkylation sites (N-methyl/N-ethyl adjacent to an activating group) is 1. The summed E-state index contributed by atoms with van der Waals surface area (Å²) in [5.41, 5.74) is 0.947. The molecule has 0 aromatic heterocycles. The molecule has 2 rings (SSSR count). The van der Waals surface area contributed by atoms with Crippen molar-refractivity contribution in [2.24, 2.45) is 0 Å². The van der Waals surface area contributed by atoms with E-state index in [1.165, 1.54) is 0 Å². The lowest BCUT2D eigenvalue weighted by molar-refractivity contribution is -0.125. The van der Waals surface area contributed by atoms with Gasteiger partial charge in [-0.3, -0.25) is 9.69 Å². The maximum atomic E-state index is 12.4. The largest absolute Gasteiger partial charge is 0.496 e. The fourth-order valence-corrected chi connectivity index (χ4v) is 2.61. The van der Waals surface area contributed by atoms with Crippen LogP contribution in [-0.2, 0) is 11.3 Å². The van der Waals surface area contributed by atoms with E-state index in [-0.39, 0.29) is 11.9 Å². The van der Waals surface area contributed by atoms with Crippen LogP contribution in [-0.4, -0.2) is 51.3 Å². The third-order valence-corrected chi connectivity index (χ3v) is 4.46. The summed E-state index contributed by atoms with van der Waals surface area (Å²) in [5.74, 6) is 2.12. The Balaban J connectivity index is 1.80. The Bertz CT molecular complexity index is 736. The summed E-state index contributed by atoms with van der Waals surface area (Å²) in [7, 11) is 5.14. The summed E-state index contributed by atoms with van der Waals surface area (Å²) in [6.07, 6.45) is 0. The monoisotopic (exact) mass is 372 g/mol. The molecule has 27 heavy (non-hydrogen) atoms. The van der Waals surface area contributed by atoms with Gasteiger partial charge >= 0.3 is 0 Å². The molecule has 0 aliphatic rings. The van der Waals surface area contributed by atoms with Crippen molar-refractivity contribution in [3.05, 3.63) is 54.1 Å². The standard InChI is InChI=1S/C21H28N2O4/c1-16(21(24)22-15-17-9-5-6-10-18(17)25-3)23(2)13-14-27-20-12-8-7-11-19(20)26-4/h5-12,16H,13-15H2,1-4H3,(H,22,24). The number of hydrogen-bond donors (Lipinski definition) is 1. The summed E-state index contributed by atoms with van der Waals surface area (Å²) in [5, 5.41) is 2.96. The number of para-hydroxylation sites is 3. The molecule has 2 aromatic rings. The van der Waals surface area contributed by atoms with Gasteiger partial charge in [0.1, 0.15) is 12.4 Å². The fraction of sp³-hybridized carbons (Fsp3) is 0.381. The molecule has 2 aromatic carbocycles. The summed E-state index contributed by atoms with van der Waals surface area (Å²) in [6.45, 7) is 3.38. The molecule has 1 amide bonds. The van der Waals surface area contributed by atoms with Gasteiger partial charge in [0.15, 0.2) is 11.5 Å². The van der Waals surface area contributed by atoms with Crippen LogP contribution in [0.3, 0.4) is 0 Å². The average molecular weight is 372 g/mol. The second kappa shape index (κ2) is 10.4. The average Bonchev–Trinajstić information content (AvgIpc) is 2.71. The van der Waals surface area contributed by atoms with E-state index in [4.69, 9.17) is 14.2 Å². The Hall–Kier alpha value is -2.73. The van der Waals surface area contributed by atoms with Gasteiger partial charge in [0.25, 0.3) is 0 Å². The lowest BCUT2D eigenvalue weighted by Crippen LogP contribution is -2.44. The highest BCUT2D eigenvalue weighted by atomic mass is 16.5. The molecule has 1 N–H and O–H groups in total. The Morgan fingerprint density at radius 1 is 1.00 bits per heavy atom. The van der Waals surface area contributed by atoms with E-state index in [1.54, 1.807) is 14.2 Å². The second-order valence-corrected chi connectivity index (χ2v) is 6.19. The number of nitrogens with zero attached hydrogens (tertiary/aromatic N) is 1. The van der Waals surface area contributed by atoms with Crippen molar-refractivity contribution in [3.8, 4) is 17.2 Å². The zero-order chi connectivity index (χ0) is 19.6. The van der Waals surface area contributed by atoms with Crippen molar-refractivity contribution < 1.29 is 19.0 Å². The Kier molecular flexibility index (Phi) is 7.95. The van der Waals surface area contributed by atoms with E-state index in [0.717, 1.165) is 11.3 Å². The number of carbonyl (C=O) groups excluding carboxylic acids is 1. The number of hydrogen-bond acceptors (Lipinski definition) is 5. The maximum Gasteiger partial charge on any atom is 0.237 e. The summed E-state index contributed by atoms with van der Waals surface area (Å²) < 4.78 is 16.4. The normalized spacial score (nSPS) is 11.7. The molecule has 0 saturated heterocycles. The highest BCUT2D eigenvalue weighted by Crippen LogP contribution is 2.25. The van der Waals surface area contributed by atoms with Crippen LogP contribution in [0.25, 0.3) is 0 Å². The van der Waals surface area contributed by atoms with Crippen molar-refractivity contribution in [1.82, 2.24) is 10.2 Å². The minimum absolute atomic E-state index is 0.0410. The number of carbonyl (C=O) groups is 1. The quantitative estimate of drug-likeness (QED) is 0.695. The van der Waals surface area contributed by atoms with Crippen molar-refractivity contribution in [2.45, 2.75) is 19.5 Å². The molecule has 146 valence electrons. The van der Waals surface area contributed by atoms with Crippen LogP contribution in [0.1, 0.15) is 12.5 Å².